The highest BCUT2D eigenvalue weighted by Crippen LogP contribution is 2.18. The van der Waals surface area contributed by atoms with E-state index in [4.69, 9.17) is 0 Å². The highest BCUT2D eigenvalue weighted by Gasteiger charge is 2.12. The molecular formula is C17H17N5OS. The van der Waals surface area contributed by atoms with Crippen LogP contribution in [0.3, 0.4) is 0 Å². The maximum atomic E-state index is 12.2. The van der Waals surface area contributed by atoms with Gasteiger partial charge in [0.05, 0.1) is 24.1 Å². The SMILES string of the molecule is CN(Cc1cnccn1)C(=O)Nc1nc(Cc2ccccc2)cs1. The molecule has 3 rings (SSSR count). The van der Waals surface area contributed by atoms with Crippen LogP contribution in [0.5, 0.6) is 0 Å². The minimum absolute atomic E-state index is 0.221. The lowest BCUT2D eigenvalue weighted by molar-refractivity contribution is 0.220. The minimum atomic E-state index is -0.221. The van der Waals surface area contributed by atoms with Gasteiger partial charge < -0.3 is 4.90 Å². The summed E-state index contributed by atoms with van der Waals surface area (Å²) in [6.07, 6.45) is 5.61. The number of thiazole rings is 1. The van der Waals surface area contributed by atoms with Crippen LogP contribution in [0.15, 0.2) is 54.3 Å². The normalized spacial score (nSPS) is 10.4. The number of urea groups is 1. The molecule has 1 aromatic carbocycles. The minimum Gasteiger partial charge on any atom is -0.322 e. The van der Waals surface area contributed by atoms with Crippen LogP contribution >= 0.6 is 11.3 Å². The van der Waals surface area contributed by atoms with E-state index in [1.54, 1.807) is 30.5 Å². The Morgan fingerprint density at radius 2 is 2.04 bits per heavy atom. The van der Waals surface area contributed by atoms with E-state index in [-0.39, 0.29) is 6.03 Å². The average molecular weight is 339 g/mol. The monoisotopic (exact) mass is 339 g/mol. The maximum Gasteiger partial charge on any atom is 0.323 e. The molecule has 0 spiro atoms. The fourth-order valence-electron chi connectivity index (χ4n) is 2.16. The van der Waals surface area contributed by atoms with E-state index in [1.165, 1.54) is 16.9 Å². The largest absolute Gasteiger partial charge is 0.323 e. The number of aromatic nitrogens is 3. The molecule has 24 heavy (non-hydrogen) atoms. The number of nitrogens with one attached hydrogen (secondary N) is 1. The van der Waals surface area contributed by atoms with E-state index < -0.39 is 0 Å². The van der Waals surface area contributed by atoms with Crippen molar-refractivity contribution in [1.82, 2.24) is 19.9 Å². The maximum absolute atomic E-state index is 12.2. The Bertz CT molecular complexity index is 791. The van der Waals surface area contributed by atoms with Crippen LogP contribution in [0.4, 0.5) is 9.93 Å². The van der Waals surface area contributed by atoms with E-state index in [9.17, 15) is 4.79 Å². The molecule has 0 radical (unpaired) electrons. The zero-order chi connectivity index (χ0) is 16.8. The molecule has 0 saturated carbocycles. The van der Waals surface area contributed by atoms with Gasteiger partial charge >= 0.3 is 6.03 Å². The van der Waals surface area contributed by atoms with Crippen LogP contribution in [-0.4, -0.2) is 32.9 Å². The summed E-state index contributed by atoms with van der Waals surface area (Å²) in [6, 6.07) is 9.90. The van der Waals surface area contributed by atoms with Crippen molar-refractivity contribution in [1.29, 1.82) is 0 Å². The molecule has 0 aliphatic carbocycles. The molecule has 0 aliphatic heterocycles. The van der Waals surface area contributed by atoms with Gasteiger partial charge in [-0.1, -0.05) is 30.3 Å². The molecule has 6 nitrogen and oxygen atoms in total. The second-order valence-corrected chi connectivity index (χ2v) is 6.15. The van der Waals surface area contributed by atoms with Crippen molar-refractivity contribution < 1.29 is 4.79 Å². The summed E-state index contributed by atoms with van der Waals surface area (Å²) in [6.45, 7) is 0.391. The second-order valence-electron chi connectivity index (χ2n) is 5.29. The highest BCUT2D eigenvalue weighted by molar-refractivity contribution is 7.13. The zero-order valence-electron chi connectivity index (χ0n) is 13.2. The molecule has 3 aromatic rings. The van der Waals surface area contributed by atoms with Crippen LogP contribution in [0, 0.1) is 0 Å². The molecule has 0 unspecified atom stereocenters. The Morgan fingerprint density at radius 1 is 1.21 bits per heavy atom. The van der Waals surface area contributed by atoms with Gasteiger partial charge in [0.1, 0.15) is 0 Å². The molecule has 0 atom stereocenters. The first-order valence-electron chi connectivity index (χ1n) is 7.46. The van der Waals surface area contributed by atoms with Crippen molar-refractivity contribution in [2.45, 2.75) is 13.0 Å². The van der Waals surface area contributed by atoms with E-state index in [0.717, 1.165) is 17.8 Å². The van der Waals surface area contributed by atoms with Gasteiger partial charge in [-0.2, -0.15) is 0 Å². The molecule has 2 aromatic heterocycles. The molecule has 0 aliphatic rings. The lowest BCUT2D eigenvalue weighted by Crippen LogP contribution is -2.31. The molecule has 1 N–H and O–H groups in total. The number of rotatable bonds is 5. The Hall–Kier alpha value is -2.80. The lowest BCUT2D eigenvalue weighted by Gasteiger charge is -2.16. The topological polar surface area (TPSA) is 71.0 Å². The van der Waals surface area contributed by atoms with Crippen LogP contribution in [0.25, 0.3) is 0 Å². The standard InChI is InChI=1S/C17H17N5OS/c1-22(11-15-10-18-7-8-19-15)17(23)21-16-20-14(12-24-16)9-13-5-3-2-4-6-13/h2-8,10,12H,9,11H2,1H3,(H,20,21,23). The van der Waals surface area contributed by atoms with Gasteiger partial charge in [-0.05, 0) is 5.56 Å². The number of hydrogen-bond donors (Lipinski definition) is 1. The third kappa shape index (κ3) is 4.36. The average Bonchev–Trinajstić information content (AvgIpc) is 3.03. The number of carbonyl (C=O) groups is 1. The number of benzene rings is 1. The number of nitrogens with zero attached hydrogens (tertiary/aromatic N) is 4. The van der Waals surface area contributed by atoms with Crippen LogP contribution in [-0.2, 0) is 13.0 Å². The fourth-order valence-corrected chi connectivity index (χ4v) is 2.86. The van der Waals surface area contributed by atoms with E-state index in [1.807, 2.05) is 23.6 Å². The highest BCUT2D eigenvalue weighted by atomic mass is 32.1. The van der Waals surface area contributed by atoms with Crippen molar-refractivity contribution in [2.75, 3.05) is 12.4 Å². The smallest absolute Gasteiger partial charge is 0.322 e. The quantitative estimate of drug-likeness (QED) is 0.775. The Balaban J connectivity index is 1.57. The summed E-state index contributed by atoms with van der Waals surface area (Å²) >= 11 is 1.42. The van der Waals surface area contributed by atoms with Crippen molar-refractivity contribution in [3.63, 3.8) is 0 Å². The van der Waals surface area contributed by atoms with E-state index in [0.29, 0.717) is 11.7 Å². The van der Waals surface area contributed by atoms with E-state index in [2.05, 4.69) is 32.4 Å². The first-order chi connectivity index (χ1) is 11.7. The summed E-state index contributed by atoms with van der Waals surface area (Å²) in [5.41, 5.74) is 2.87. The van der Waals surface area contributed by atoms with Gasteiger partial charge in [0.15, 0.2) is 5.13 Å². The van der Waals surface area contributed by atoms with Crippen molar-refractivity contribution in [2.24, 2.45) is 0 Å². The molecule has 122 valence electrons. The number of anilines is 1. The molecular weight excluding hydrogens is 322 g/mol. The molecule has 0 fully saturated rings. The Kier molecular flexibility index (Phi) is 5.12. The Morgan fingerprint density at radius 3 is 2.79 bits per heavy atom. The summed E-state index contributed by atoms with van der Waals surface area (Å²) in [5.74, 6) is 0. The van der Waals surface area contributed by atoms with Gasteiger partial charge in [0.25, 0.3) is 0 Å². The van der Waals surface area contributed by atoms with Crippen molar-refractivity contribution in [3.05, 3.63) is 71.3 Å². The molecule has 0 bridgehead atoms. The third-order valence-corrected chi connectivity index (χ3v) is 4.16. The van der Waals surface area contributed by atoms with Gasteiger partial charge in [-0.15, -0.1) is 11.3 Å². The molecule has 2 amide bonds. The van der Waals surface area contributed by atoms with Gasteiger partial charge in [0.2, 0.25) is 0 Å². The fraction of sp³-hybridized carbons (Fsp3) is 0.176. The van der Waals surface area contributed by atoms with Crippen LogP contribution in [0.2, 0.25) is 0 Å². The van der Waals surface area contributed by atoms with Crippen LogP contribution < -0.4 is 5.32 Å². The molecule has 2 heterocycles. The zero-order valence-corrected chi connectivity index (χ0v) is 14.0. The van der Waals surface area contributed by atoms with Gasteiger partial charge in [-0.3, -0.25) is 15.3 Å². The molecule has 7 heteroatoms. The number of carbonyl (C=O) groups excluding carboxylic acids is 1. The predicted molar refractivity (Wildman–Crippen MR) is 93.9 cm³/mol. The van der Waals surface area contributed by atoms with E-state index >= 15 is 0 Å². The number of amides is 2. The lowest BCUT2D eigenvalue weighted by atomic mass is 10.1. The summed E-state index contributed by atoms with van der Waals surface area (Å²) in [4.78, 5) is 26.4. The summed E-state index contributed by atoms with van der Waals surface area (Å²) in [5, 5.41) is 5.37. The summed E-state index contributed by atoms with van der Waals surface area (Å²) < 4.78 is 0. The van der Waals surface area contributed by atoms with Crippen molar-refractivity contribution in [3.8, 4) is 0 Å². The Labute approximate surface area is 144 Å². The van der Waals surface area contributed by atoms with Crippen molar-refractivity contribution >= 4 is 22.5 Å². The predicted octanol–water partition coefficient (Wildman–Crippen LogP) is 3.19. The second kappa shape index (κ2) is 7.65. The van der Waals surface area contributed by atoms with Gasteiger partial charge in [-0.25, -0.2) is 9.78 Å². The molecule has 0 saturated heterocycles. The third-order valence-electron chi connectivity index (χ3n) is 3.36. The van der Waals surface area contributed by atoms with Gasteiger partial charge in [0, 0.05) is 31.2 Å². The first kappa shape index (κ1) is 16.1. The first-order valence-corrected chi connectivity index (χ1v) is 8.34. The van der Waals surface area contributed by atoms with Crippen LogP contribution in [0.1, 0.15) is 17.0 Å². The summed E-state index contributed by atoms with van der Waals surface area (Å²) in [7, 11) is 1.71. The number of hydrogen-bond acceptors (Lipinski definition) is 5.